The van der Waals surface area contributed by atoms with E-state index in [2.05, 4.69) is 5.32 Å². The second kappa shape index (κ2) is 6.96. The van der Waals surface area contributed by atoms with Crippen molar-refractivity contribution in [2.75, 3.05) is 31.7 Å². The first kappa shape index (κ1) is 12.8. The molecule has 0 aliphatic carbocycles. The molecule has 1 aliphatic heterocycles. The van der Waals surface area contributed by atoms with Gasteiger partial charge in [-0.1, -0.05) is 0 Å². The summed E-state index contributed by atoms with van der Waals surface area (Å²) in [6.45, 7) is 2.31. The highest BCUT2D eigenvalue weighted by molar-refractivity contribution is 7.08. The minimum absolute atomic E-state index is 0.229. The van der Waals surface area contributed by atoms with Crippen molar-refractivity contribution in [3.8, 4) is 0 Å². The summed E-state index contributed by atoms with van der Waals surface area (Å²) in [6.07, 6.45) is 1.95. The van der Waals surface area contributed by atoms with Gasteiger partial charge in [0.05, 0.1) is 25.4 Å². The van der Waals surface area contributed by atoms with E-state index in [4.69, 9.17) is 9.47 Å². The van der Waals surface area contributed by atoms with Crippen LogP contribution in [0, 0.1) is 0 Å². The highest BCUT2D eigenvalue weighted by Crippen LogP contribution is 2.13. The molecule has 0 aromatic carbocycles. The smallest absolute Gasteiger partial charge is 0.0945 e. The van der Waals surface area contributed by atoms with Gasteiger partial charge in [-0.3, -0.25) is 0 Å². The van der Waals surface area contributed by atoms with Crippen LogP contribution in [-0.4, -0.2) is 43.7 Å². The second-order valence-corrected chi connectivity index (χ2v) is 5.00. The van der Waals surface area contributed by atoms with Crippen molar-refractivity contribution < 1.29 is 14.6 Å². The van der Waals surface area contributed by atoms with E-state index < -0.39 is 6.10 Å². The summed E-state index contributed by atoms with van der Waals surface area (Å²) in [5.74, 6) is 0. The number of rotatable bonds is 7. The molecule has 0 amide bonds. The van der Waals surface area contributed by atoms with Gasteiger partial charge in [-0.2, -0.15) is 11.3 Å². The molecule has 1 saturated heterocycles. The quantitative estimate of drug-likeness (QED) is 0.781. The van der Waals surface area contributed by atoms with Gasteiger partial charge in [0.2, 0.25) is 0 Å². The van der Waals surface area contributed by atoms with Gasteiger partial charge < -0.3 is 19.9 Å². The van der Waals surface area contributed by atoms with Gasteiger partial charge >= 0.3 is 0 Å². The molecule has 0 bridgehead atoms. The number of thiophene rings is 1. The molecule has 2 unspecified atom stereocenters. The third kappa shape index (κ3) is 4.63. The van der Waals surface area contributed by atoms with Crippen LogP contribution in [0.15, 0.2) is 16.8 Å². The van der Waals surface area contributed by atoms with Gasteiger partial charge in [-0.25, -0.2) is 0 Å². The van der Waals surface area contributed by atoms with E-state index in [0.29, 0.717) is 19.8 Å². The van der Waals surface area contributed by atoms with Crippen LogP contribution in [-0.2, 0) is 9.47 Å². The van der Waals surface area contributed by atoms with Gasteiger partial charge in [-0.05, 0) is 24.3 Å². The normalized spacial score (nSPS) is 21.6. The fraction of sp³-hybridized carbons (Fsp3) is 0.667. The maximum absolute atomic E-state index is 9.70. The molecule has 2 heterocycles. The van der Waals surface area contributed by atoms with Gasteiger partial charge in [0.1, 0.15) is 0 Å². The van der Waals surface area contributed by atoms with Crippen molar-refractivity contribution >= 4 is 17.0 Å². The largest absolute Gasteiger partial charge is 0.389 e. The minimum atomic E-state index is -0.476. The summed E-state index contributed by atoms with van der Waals surface area (Å²) in [5, 5.41) is 16.9. The van der Waals surface area contributed by atoms with E-state index in [1.807, 2.05) is 16.8 Å². The number of hydrogen-bond acceptors (Lipinski definition) is 5. The zero-order chi connectivity index (χ0) is 11.9. The lowest BCUT2D eigenvalue weighted by molar-refractivity contribution is -0.0137. The summed E-state index contributed by atoms with van der Waals surface area (Å²) in [4.78, 5) is 0. The predicted octanol–water partition coefficient (Wildman–Crippen LogP) is 1.72. The Hall–Kier alpha value is -0.620. The SMILES string of the molecule is OC(CNc1ccsc1)COCC1CCCO1. The van der Waals surface area contributed by atoms with Crippen molar-refractivity contribution in [1.29, 1.82) is 0 Å². The molecule has 1 fully saturated rings. The van der Waals surface area contributed by atoms with Crippen molar-refractivity contribution in [3.63, 3.8) is 0 Å². The highest BCUT2D eigenvalue weighted by Gasteiger charge is 2.16. The van der Waals surface area contributed by atoms with Gasteiger partial charge in [0.25, 0.3) is 0 Å². The molecule has 0 saturated carbocycles. The Morgan fingerprint density at radius 3 is 3.29 bits per heavy atom. The lowest BCUT2D eigenvalue weighted by atomic mass is 10.2. The molecule has 2 atom stereocenters. The highest BCUT2D eigenvalue weighted by atomic mass is 32.1. The Morgan fingerprint density at radius 2 is 2.59 bits per heavy atom. The van der Waals surface area contributed by atoms with Crippen LogP contribution < -0.4 is 5.32 Å². The van der Waals surface area contributed by atoms with E-state index in [0.717, 1.165) is 25.1 Å². The van der Waals surface area contributed by atoms with Crippen LogP contribution in [0.1, 0.15) is 12.8 Å². The zero-order valence-electron chi connectivity index (χ0n) is 9.80. The van der Waals surface area contributed by atoms with Gasteiger partial charge in [0.15, 0.2) is 0 Å². The standard InChI is InChI=1S/C12H19NO3S/c14-11(6-13-10-3-5-17-9-10)7-15-8-12-2-1-4-16-12/h3,5,9,11-14H,1-2,4,6-8H2. The summed E-state index contributed by atoms with van der Waals surface area (Å²) in [5.41, 5.74) is 1.05. The molecule has 0 spiro atoms. The molecular weight excluding hydrogens is 238 g/mol. The maximum atomic E-state index is 9.70. The average molecular weight is 257 g/mol. The van der Waals surface area contributed by atoms with Crippen LogP contribution in [0.3, 0.4) is 0 Å². The monoisotopic (exact) mass is 257 g/mol. The zero-order valence-corrected chi connectivity index (χ0v) is 10.6. The number of nitrogens with one attached hydrogen (secondary N) is 1. The van der Waals surface area contributed by atoms with E-state index in [-0.39, 0.29) is 6.10 Å². The lowest BCUT2D eigenvalue weighted by Gasteiger charge is -2.14. The van der Waals surface area contributed by atoms with E-state index in [1.54, 1.807) is 11.3 Å². The Morgan fingerprint density at radius 1 is 1.65 bits per heavy atom. The molecule has 1 aromatic rings. The van der Waals surface area contributed by atoms with Gasteiger partial charge in [0, 0.05) is 24.2 Å². The number of hydrogen-bond donors (Lipinski definition) is 2. The van der Waals surface area contributed by atoms with Crippen LogP contribution >= 0.6 is 11.3 Å². The third-order valence-corrected chi connectivity index (χ3v) is 3.38. The minimum Gasteiger partial charge on any atom is -0.389 e. The molecule has 1 aliphatic rings. The summed E-state index contributed by atoms with van der Waals surface area (Å²) < 4.78 is 10.9. The number of aliphatic hydroxyl groups excluding tert-OH is 1. The number of aliphatic hydroxyl groups is 1. The second-order valence-electron chi connectivity index (χ2n) is 4.22. The molecule has 0 radical (unpaired) electrons. The molecular formula is C12H19NO3S. The molecule has 17 heavy (non-hydrogen) atoms. The summed E-state index contributed by atoms with van der Waals surface area (Å²) >= 11 is 1.63. The lowest BCUT2D eigenvalue weighted by Crippen LogP contribution is -2.27. The van der Waals surface area contributed by atoms with E-state index in [9.17, 15) is 5.11 Å². The van der Waals surface area contributed by atoms with Crippen LogP contribution in [0.4, 0.5) is 5.69 Å². The molecule has 5 heteroatoms. The number of ether oxygens (including phenoxy) is 2. The molecule has 1 aromatic heterocycles. The first-order valence-corrected chi connectivity index (χ1v) is 6.92. The molecule has 96 valence electrons. The van der Waals surface area contributed by atoms with Crippen molar-refractivity contribution in [3.05, 3.63) is 16.8 Å². The van der Waals surface area contributed by atoms with Crippen LogP contribution in [0.25, 0.3) is 0 Å². The first-order chi connectivity index (χ1) is 8.34. The Balaban J connectivity index is 1.52. The van der Waals surface area contributed by atoms with Crippen molar-refractivity contribution in [2.24, 2.45) is 0 Å². The maximum Gasteiger partial charge on any atom is 0.0945 e. The van der Waals surface area contributed by atoms with Crippen LogP contribution in [0.5, 0.6) is 0 Å². The van der Waals surface area contributed by atoms with E-state index >= 15 is 0 Å². The average Bonchev–Trinajstić information content (AvgIpc) is 2.99. The Labute approximate surface area is 106 Å². The Kier molecular flexibility index (Phi) is 5.25. The Bertz CT molecular complexity index is 299. The fourth-order valence-electron chi connectivity index (χ4n) is 1.77. The molecule has 2 N–H and O–H groups in total. The fourth-order valence-corrected chi connectivity index (χ4v) is 2.38. The van der Waals surface area contributed by atoms with Crippen molar-refractivity contribution in [1.82, 2.24) is 0 Å². The first-order valence-electron chi connectivity index (χ1n) is 5.98. The van der Waals surface area contributed by atoms with E-state index in [1.165, 1.54) is 0 Å². The number of anilines is 1. The van der Waals surface area contributed by atoms with Crippen LogP contribution in [0.2, 0.25) is 0 Å². The summed E-state index contributed by atoms with van der Waals surface area (Å²) in [7, 11) is 0. The molecule has 4 nitrogen and oxygen atoms in total. The predicted molar refractivity (Wildman–Crippen MR) is 68.6 cm³/mol. The topological polar surface area (TPSA) is 50.7 Å². The summed E-state index contributed by atoms with van der Waals surface area (Å²) in [6, 6.07) is 1.99. The van der Waals surface area contributed by atoms with Gasteiger partial charge in [-0.15, -0.1) is 0 Å². The third-order valence-electron chi connectivity index (χ3n) is 2.70. The van der Waals surface area contributed by atoms with Crippen molar-refractivity contribution in [2.45, 2.75) is 25.0 Å². The molecule has 2 rings (SSSR count).